The van der Waals surface area contributed by atoms with Gasteiger partial charge in [0, 0.05) is 114 Å². The SMILES string of the molecule is CCN(CC)c1ccc2c(c1)Oc1cc(N(CC)CC)ccc1C2c1c(Cl)cc(N(CCCC(=O)O)CCCC(=O)O)cc1Cl. The van der Waals surface area contributed by atoms with Crippen LogP contribution in [0.5, 0.6) is 11.5 Å². The third-order valence-electron chi connectivity index (χ3n) is 8.45. The summed E-state index contributed by atoms with van der Waals surface area (Å²) in [5.41, 5.74) is 5.56. The van der Waals surface area contributed by atoms with Crippen LogP contribution in [0.15, 0.2) is 48.5 Å². The Kier molecular flexibility index (Phi) is 11.9. The first-order chi connectivity index (χ1) is 21.6. The zero-order valence-electron chi connectivity index (χ0n) is 26.5. The lowest BCUT2D eigenvalue weighted by Crippen LogP contribution is -2.27. The van der Waals surface area contributed by atoms with Gasteiger partial charge in [0.05, 0.1) is 0 Å². The van der Waals surface area contributed by atoms with Crippen LogP contribution in [0.3, 0.4) is 0 Å². The summed E-state index contributed by atoms with van der Waals surface area (Å²) in [6.45, 7) is 12.9. The number of halogens is 2. The Morgan fingerprint density at radius 1 is 0.667 bits per heavy atom. The number of aliphatic carboxylic acids is 2. The summed E-state index contributed by atoms with van der Waals surface area (Å²) in [6.07, 6.45) is 0.832. The van der Waals surface area contributed by atoms with Gasteiger partial charge in [-0.1, -0.05) is 35.3 Å². The molecule has 0 aromatic heterocycles. The highest BCUT2D eigenvalue weighted by Crippen LogP contribution is 2.52. The Balaban J connectivity index is 1.81. The lowest BCUT2D eigenvalue weighted by Gasteiger charge is -2.33. The van der Waals surface area contributed by atoms with E-state index in [1.54, 1.807) is 0 Å². The van der Waals surface area contributed by atoms with Crippen molar-refractivity contribution < 1.29 is 24.5 Å². The van der Waals surface area contributed by atoms with Gasteiger partial charge in [-0.3, -0.25) is 9.59 Å². The number of hydrogen-bond acceptors (Lipinski definition) is 6. The molecule has 242 valence electrons. The first kappa shape index (κ1) is 34.3. The van der Waals surface area contributed by atoms with Gasteiger partial charge in [-0.15, -0.1) is 0 Å². The van der Waals surface area contributed by atoms with Gasteiger partial charge >= 0.3 is 11.9 Å². The molecule has 10 heteroatoms. The van der Waals surface area contributed by atoms with Crippen LogP contribution in [-0.4, -0.2) is 61.4 Å². The first-order valence-corrected chi connectivity index (χ1v) is 16.5. The molecule has 0 spiro atoms. The molecule has 2 N–H and O–H groups in total. The predicted molar refractivity (Wildman–Crippen MR) is 183 cm³/mol. The maximum Gasteiger partial charge on any atom is 0.303 e. The monoisotopic (exact) mass is 655 g/mol. The summed E-state index contributed by atoms with van der Waals surface area (Å²) in [5.74, 6) is -0.529. The lowest BCUT2D eigenvalue weighted by atomic mass is 9.82. The van der Waals surface area contributed by atoms with Crippen molar-refractivity contribution in [3.63, 3.8) is 0 Å². The number of fused-ring (bicyclic) bond motifs is 2. The van der Waals surface area contributed by atoms with Crippen LogP contribution in [0, 0.1) is 0 Å². The Bertz CT molecular complexity index is 1400. The molecule has 0 amide bonds. The third-order valence-corrected chi connectivity index (χ3v) is 9.07. The highest BCUT2D eigenvalue weighted by molar-refractivity contribution is 6.36. The summed E-state index contributed by atoms with van der Waals surface area (Å²) < 4.78 is 6.61. The van der Waals surface area contributed by atoms with E-state index in [9.17, 15) is 19.8 Å². The Labute approximate surface area is 276 Å². The topological polar surface area (TPSA) is 93.5 Å². The number of ether oxygens (including phenoxy) is 1. The van der Waals surface area contributed by atoms with E-state index in [0.717, 1.165) is 71.4 Å². The molecule has 1 heterocycles. The second kappa shape index (κ2) is 15.6. The third kappa shape index (κ3) is 7.97. The van der Waals surface area contributed by atoms with Crippen molar-refractivity contribution in [2.45, 2.75) is 59.3 Å². The number of rotatable bonds is 16. The summed E-state index contributed by atoms with van der Waals surface area (Å²) in [5, 5.41) is 19.3. The number of hydrogen-bond donors (Lipinski definition) is 2. The van der Waals surface area contributed by atoms with E-state index in [2.05, 4.69) is 73.9 Å². The number of benzene rings is 3. The fourth-order valence-corrected chi connectivity index (χ4v) is 6.80. The van der Waals surface area contributed by atoms with Crippen LogP contribution in [-0.2, 0) is 9.59 Å². The quantitative estimate of drug-likeness (QED) is 0.124. The molecule has 0 atom stereocenters. The Hall–Kier alpha value is -3.62. The molecule has 4 rings (SSSR count). The largest absolute Gasteiger partial charge is 0.481 e. The van der Waals surface area contributed by atoms with Crippen molar-refractivity contribution in [1.82, 2.24) is 0 Å². The highest BCUT2D eigenvalue weighted by atomic mass is 35.5. The van der Waals surface area contributed by atoms with E-state index < -0.39 is 11.9 Å². The number of anilines is 3. The molecule has 8 nitrogen and oxygen atoms in total. The van der Waals surface area contributed by atoms with Gasteiger partial charge in [-0.25, -0.2) is 0 Å². The van der Waals surface area contributed by atoms with Gasteiger partial charge in [0.1, 0.15) is 11.5 Å². The fourth-order valence-electron chi connectivity index (χ4n) is 6.11. The van der Waals surface area contributed by atoms with Crippen LogP contribution in [0.25, 0.3) is 0 Å². The normalized spacial score (nSPS) is 12.2. The van der Waals surface area contributed by atoms with E-state index in [0.29, 0.717) is 36.0 Å². The molecular weight excluding hydrogens is 613 g/mol. The van der Waals surface area contributed by atoms with E-state index in [-0.39, 0.29) is 18.8 Å². The van der Waals surface area contributed by atoms with Crippen molar-refractivity contribution in [1.29, 1.82) is 0 Å². The molecule has 45 heavy (non-hydrogen) atoms. The fraction of sp³-hybridized carbons (Fsp3) is 0.429. The second-order valence-corrected chi connectivity index (χ2v) is 11.9. The van der Waals surface area contributed by atoms with Gasteiger partial charge < -0.3 is 29.6 Å². The van der Waals surface area contributed by atoms with Crippen molar-refractivity contribution in [3.05, 3.63) is 75.3 Å². The molecule has 1 aliphatic rings. The van der Waals surface area contributed by atoms with E-state index in [4.69, 9.17) is 27.9 Å². The van der Waals surface area contributed by atoms with Crippen LogP contribution < -0.4 is 19.4 Å². The van der Waals surface area contributed by atoms with Crippen molar-refractivity contribution in [3.8, 4) is 11.5 Å². The van der Waals surface area contributed by atoms with Gasteiger partial charge in [0.25, 0.3) is 0 Å². The van der Waals surface area contributed by atoms with Crippen molar-refractivity contribution in [2.24, 2.45) is 0 Å². The van der Waals surface area contributed by atoms with Gasteiger partial charge in [-0.05, 0) is 64.8 Å². The number of carboxylic acids is 2. The molecule has 1 aliphatic heterocycles. The smallest absolute Gasteiger partial charge is 0.303 e. The minimum Gasteiger partial charge on any atom is -0.481 e. The summed E-state index contributed by atoms with van der Waals surface area (Å²) in [6, 6.07) is 16.3. The molecule has 0 bridgehead atoms. The molecule has 0 radical (unpaired) electrons. The maximum absolute atomic E-state index is 11.2. The van der Waals surface area contributed by atoms with Gasteiger partial charge in [0.2, 0.25) is 0 Å². The summed E-state index contributed by atoms with van der Waals surface area (Å²) in [7, 11) is 0. The number of nitrogens with zero attached hydrogens (tertiary/aromatic N) is 3. The number of carboxylic acid groups (broad SMARTS) is 2. The summed E-state index contributed by atoms with van der Waals surface area (Å²) >= 11 is 14.2. The van der Waals surface area contributed by atoms with Crippen LogP contribution in [0.2, 0.25) is 10.0 Å². The molecular formula is C35H43Cl2N3O5. The van der Waals surface area contributed by atoms with Gasteiger partial charge in [0.15, 0.2) is 0 Å². The maximum atomic E-state index is 11.2. The Morgan fingerprint density at radius 3 is 1.47 bits per heavy atom. The van der Waals surface area contributed by atoms with Crippen molar-refractivity contribution in [2.75, 3.05) is 54.0 Å². The zero-order valence-corrected chi connectivity index (χ0v) is 28.0. The minimum atomic E-state index is -0.878. The minimum absolute atomic E-state index is 0.00950. The molecule has 0 saturated carbocycles. The second-order valence-electron chi connectivity index (χ2n) is 11.1. The van der Waals surface area contributed by atoms with E-state index in [1.165, 1.54) is 0 Å². The molecule has 0 saturated heterocycles. The average molecular weight is 657 g/mol. The summed E-state index contributed by atoms with van der Waals surface area (Å²) in [4.78, 5) is 28.9. The Morgan fingerprint density at radius 2 is 1.09 bits per heavy atom. The van der Waals surface area contributed by atoms with Crippen LogP contribution >= 0.6 is 23.2 Å². The first-order valence-electron chi connectivity index (χ1n) is 15.7. The van der Waals surface area contributed by atoms with E-state index >= 15 is 0 Å². The van der Waals surface area contributed by atoms with E-state index in [1.807, 2.05) is 17.0 Å². The molecule has 0 fully saturated rings. The van der Waals surface area contributed by atoms with Gasteiger partial charge in [-0.2, -0.15) is 0 Å². The molecule has 3 aromatic rings. The van der Waals surface area contributed by atoms with Crippen LogP contribution in [0.4, 0.5) is 17.1 Å². The predicted octanol–water partition coefficient (Wildman–Crippen LogP) is 8.51. The number of carbonyl (C=O) groups is 2. The standard InChI is InChI=1S/C35H43Cl2N3O5/c1-5-38(6-2)23-13-15-26-30(21-23)45-31-22-24(39(7-3)8-4)14-16-27(31)34(26)35-28(36)19-25(20-29(35)37)40(17-9-11-32(41)42)18-10-12-33(43)44/h13-16,19-22,34H,5-12,17-18H2,1-4H3,(H,41,42)(H,43,44). The molecule has 0 aliphatic carbocycles. The highest BCUT2D eigenvalue weighted by Gasteiger charge is 2.33. The lowest BCUT2D eigenvalue weighted by molar-refractivity contribution is -0.138. The van der Waals surface area contributed by atoms with Crippen molar-refractivity contribution >= 4 is 52.2 Å². The molecule has 0 unspecified atom stereocenters. The average Bonchev–Trinajstić information content (AvgIpc) is 3.00. The zero-order chi connectivity index (χ0) is 32.7. The molecule has 3 aromatic carbocycles. The van der Waals surface area contributed by atoms with Crippen LogP contribution in [0.1, 0.15) is 76.0 Å².